The topological polar surface area (TPSA) is 60.0 Å². The number of nitrogens with two attached hydrogens (primary N) is 1. The number of alkyl halides is 3. The van der Waals surface area contributed by atoms with Gasteiger partial charge in [-0.05, 0) is 29.8 Å². The molecule has 0 spiro atoms. The number of ether oxygens (including phenoxy) is 1. The van der Waals surface area contributed by atoms with Crippen molar-refractivity contribution in [3.63, 3.8) is 0 Å². The molecule has 0 fully saturated rings. The first-order chi connectivity index (χ1) is 7.51. The van der Waals surface area contributed by atoms with Crippen molar-refractivity contribution in [3.8, 4) is 5.75 Å². The summed E-state index contributed by atoms with van der Waals surface area (Å²) in [6.07, 6.45) is -2.34. The molecule has 7 heteroatoms. The van der Waals surface area contributed by atoms with E-state index in [4.69, 9.17) is 5.73 Å². The molecular weight excluding hydrogens is 223 g/mol. The summed E-state index contributed by atoms with van der Waals surface area (Å²) in [7, 11) is 0. The molecule has 0 aliphatic rings. The summed E-state index contributed by atoms with van der Waals surface area (Å²) in [6, 6.07) is 5.19. The third-order valence-corrected chi connectivity index (χ3v) is 1.45. The SMILES string of the molecule is N/C=N\N=C\c1ccc(OC(F)(F)F)cc1. The lowest BCUT2D eigenvalue weighted by Gasteiger charge is -2.08. The van der Waals surface area contributed by atoms with Gasteiger partial charge in [-0.1, -0.05) is 0 Å². The van der Waals surface area contributed by atoms with Crippen LogP contribution in [0, 0.1) is 0 Å². The molecule has 0 amide bonds. The van der Waals surface area contributed by atoms with Gasteiger partial charge in [-0.2, -0.15) is 5.10 Å². The van der Waals surface area contributed by atoms with E-state index in [2.05, 4.69) is 14.9 Å². The Morgan fingerprint density at radius 1 is 1.12 bits per heavy atom. The minimum Gasteiger partial charge on any atom is -0.406 e. The molecule has 0 bridgehead atoms. The first kappa shape index (κ1) is 12.0. The summed E-state index contributed by atoms with van der Waals surface area (Å²) < 4.78 is 39.1. The van der Waals surface area contributed by atoms with E-state index in [1.165, 1.54) is 30.5 Å². The lowest BCUT2D eigenvalue weighted by molar-refractivity contribution is -0.274. The third-order valence-electron chi connectivity index (χ3n) is 1.45. The van der Waals surface area contributed by atoms with E-state index in [0.717, 1.165) is 6.34 Å². The maximum absolute atomic E-state index is 11.8. The highest BCUT2D eigenvalue weighted by Gasteiger charge is 2.30. The van der Waals surface area contributed by atoms with Crippen molar-refractivity contribution >= 4 is 12.6 Å². The zero-order valence-corrected chi connectivity index (χ0v) is 7.98. The van der Waals surface area contributed by atoms with E-state index in [1.807, 2.05) is 0 Å². The van der Waals surface area contributed by atoms with Gasteiger partial charge in [0.1, 0.15) is 12.1 Å². The maximum Gasteiger partial charge on any atom is 0.573 e. The molecule has 1 rings (SSSR count). The van der Waals surface area contributed by atoms with Crippen molar-refractivity contribution in [2.45, 2.75) is 6.36 Å². The van der Waals surface area contributed by atoms with Gasteiger partial charge in [0.05, 0.1) is 6.21 Å². The Morgan fingerprint density at radius 2 is 1.75 bits per heavy atom. The molecule has 86 valence electrons. The molecule has 0 saturated carbocycles. The van der Waals surface area contributed by atoms with E-state index in [1.54, 1.807) is 0 Å². The average Bonchev–Trinajstić information content (AvgIpc) is 2.19. The molecule has 0 atom stereocenters. The van der Waals surface area contributed by atoms with Crippen molar-refractivity contribution in [3.05, 3.63) is 29.8 Å². The van der Waals surface area contributed by atoms with E-state index >= 15 is 0 Å². The molecule has 0 aliphatic carbocycles. The quantitative estimate of drug-likeness (QED) is 0.490. The van der Waals surface area contributed by atoms with E-state index in [9.17, 15) is 13.2 Å². The van der Waals surface area contributed by atoms with Gasteiger partial charge in [-0.15, -0.1) is 18.3 Å². The Balaban J connectivity index is 2.68. The summed E-state index contributed by atoms with van der Waals surface area (Å²) in [5, 5.41) is 6.88. The zero-order valence-electron chi connectivity index (χ0n) is 7.98. The highest BCUT2D eigenvalue weighted by atomic mass is 19.4. The zero-order chi connectivity index (χ0) is 12.0. The fourth-order valence-electron chi connectivity index (χ4n) is 0.894. The van der Waals surface area contributed by atoms with Gasteiger partial charge in [0.15, 0.2) is 0 Å². The summed E-state index contributed by atoms with van der Waals surface area (Å²) in [5.41, 5.74) is 5.52. The minimum atomic E-state index is -4.68. The second-order valence-corrected chi connectivity index (χ2v) is 2.63. The van der Waals surface area contributed by atoms with Crippen LogP contribution in [-0.4, -0.2) is 18.9 Å². The molecule has 4 nitrogen and oxygen atoms in total. The normalized spacial score (nSPS) is 12.4. The number of rotatable bonds is 3. The molecule has 0 saturated heterocycles. The second-order valence-electron chi connectivity index (χ2n) is 2.63. The van der Waals surface area contributed by atoms with Crippen molar-refractivity contribution in [2.24, 2.45) is 15.9 Å². The number of nitrogens with zero attached hydrogens (tertiary/aromatic N) is 2. The van der Waals surface area contributed by atoms with Crippen LogP contribution in [0.25, 0.3) is 0 Å². The van der Waals surface area contributed by atoms with Crippen LogP contribution in [0.5, 0.6) is 5.75 Å². The predicted octanol–water partition coefficient (Wildman–Crippen LogP) is 1.91. The van der Waals surface area contributed by atoms with Crippen LogP contribution < -0.4 is 10.5 Å². The standard InChI is InChI=1S/C9H8F3N3O/c10-9(11,12)16-8-3-1-7(2-4-8)5-14-15-6-13/h1-6H,(H2,13,15)/b14-5+. The van der Waals surface area contributed by atoms with Gasteiger partial charge in [-0.25, -0.2) is 0 Å². The van der Waals surface area contributed by atoms with Crippen molar-refractivity contribution < 1.29 is 17.9 Å². The molecule has 0 unspecified atom stereocenters. The molecule has 0 heterocycles. The van der Waals surface area contributed by atoms with Crippen LogP contribution in [0.3, 0.4) is 0 Å². The highest BCUT2D eigenvalue weighted by molar-refractivity contribution is 5.79. The van der Waals surface area contributed by atoms with Crippen LogP contribution in [0.15, 0.2) is 34.5 Å². The number of halogens is 3. The van der Waals surface area contributed by atoms with Crippen molar-refractivity contribution in [1.29, 1.82) is 0 Å². The first-order valence-corrected chi connectivity index (χ1v) is 4.13. The average molecular weight is 231 g/mol. The van der Waals surface area contributed by atoms with Crippen LogP contribution in [-0.2, 0) is 0 Å². The molecular formula is C9H8F3N3O. The Hall–Kier alpha value is -2.05. The maximum atomic E-state index is 11.8. The third kappa shape index (κ3) is 4.45. The van der Waals surface area contributed by atoms with Gasteiger partial charge in [0.25, 0.3) is 0 Å². The Morgan fingerprint density at radius 3 is 2.25 bits per heavy atom. The number of hydrogen-bond donors (Lipinski definition) is 1. The molecule has 16 heavy (non-hydrogen) atoms. The lowest BCUT2D eigenvalue weighted by atomic mass is 10.2. The van der Waals surface area contributed by atoms with Gasteiger partial charge in [0, 0.05) is 0 Å². The summed E-state index contributed by atoms with van der Waals surface area (Å²) in [5.74, 6) is -0.285. The first-order valence-electron chi connectivity index (χ1n) is 4.13. The molecule has 0 aromatic heterocycles. The van der Waals surface area contributed by atoms with E-state index < -0.39 is 6.36 Å². The van der Waals surface area contributed by atoms with Crippen LogP contribution in [0.4, 0.5) is 13.2 Å². The smallest absolute Gasteiger partial charge is 0.406 e. The Bertz CT molecular complexity index is 384. The Kier molecular flexibility index (Phi) is 3.87. The fourth-order valence-corrected chi connectivity index (χ4v) is 0.894. The van der Waals surface area contributed by atoms with Gasteiger partial charge < -0.3 is 10.5 Å². The summed E-state index contributed by atoms with van der Waals surface area (Å²) in [6.45, 7) is 0. The Labute approximate surface area is 89.2 Å². The van der Waals surface area contributed by atoms with Gasteiger partial charge in [-0.3, -0.25) is 0 Å². The highest BCUT2D eigenvalue weighted by Crippen LogP contribution is 2.22. The van der Waals surface area contributed by atoms with Crippen LogP contribution >= 0.6 is 0 Å². The second kappa shape index (κ2) is 5.15. The van der Waals surface area contributed by atoms with Crippen molar-refractivity contribution in [2.75, 3.05) is 0 Å². The van der Waals surface area contributed by atoms with Gasteiger partial charge >= 0.3 is 6.36 Å². The van der Waals surface area contributed by atoms with Crippen LogP contribution in [0.2, 0.25) is 0 Å². The van der Waals surface area contributed by atoms with E-state index in [-0.39, 0.29) is 5.75 Å². The van der Waals surface area contributed by atoms with Gasteiger partial charge in [0.2, 0.25) is 0 Å². The van der Waals surface area contributed by atoms with Crippen molar-refractivity contribution in [1.82, 2.24) is 0 Å². The van der Waals surface area contributed by atoms with Crippen LogP contribution in [0.1, 0.15) is 5.56 Å². The number of hydrogen-bond acceptors (Lipinski definition) is 3. The molecule has 2 N–H and O–H groups in total. The molecule has 0 radical (unpaired) electrons. The summed E-state index contributed by atoms with van der Waals surface area (Å²) in [4.78, 5) is 0. The van der Waals surface area contributed by atoms with E-state index in [0.29, 0.717) is 5.56 Å². The lowest BCUT2D eigenvalue weighted by Crippen LogP contribution is -2.16. The minimum absolute atomic E-state index is 0.285. The monoisotopic (exact) mass is 231 g/mol. The molecule has 1 aromatic carbocycles. The molecule has 1 aromatic rings. The summed E-state index contributed by atoms with van der Waals surface area (Å²) >= 11 is 0. The molecule has 0 aliphatic heterocycles. The number of benzene rings is 1. The fraction of sp³-hybridized carbons (Fsp3) is 0.111. The predicted molar refractivity (Wildman–Crippen MR) is 53.4 cm³/mol. The largest absolute Gasteiger partial charge is 0.573 e.